The monoisotopic (exact) mass is 539 g/mol. The largest absolute Gasteiger partial charge is 0.480 e. The molecule has 0 aliphatic heterocycles. The lowest BCUT2D eigenvalue weighted by atomic mass is 10.1. The molecule has 208 valence electrons. The molecule has 11 nitrogen and oxygen atoms in total. The van der Waals surface area contributed by atoms with Crippen molar-refractivity contribution in [3.05, 3.63) is 35.9 Å². The van der Waals surface area contributed by atoms with Gasteiger partial charge in [0.1, 0.15) is 23.7 Å². The van der Waals surface area contributed by atoms with Crippen LogP contribution in [0.2, 0.25) is 0 Å². The molecule has 0 unspecified atom stereocenters. The topological polar surface area (TPSA) is 152 Å². The highest BCUT2D eigenvalue weighted by Gasteiger charge is 2.32. The third-order valence-corrected chi connectivity index (χ3v) is 4.32. The van der Waals surface area contributed by atoms with Crippen LogP contribution in [0, 0.1) is 0 Å². The van der Waals surface area contributed by atoms with E-state index in [1.54, 1.807) is 30.3 Å². The van der Waals surface area contributed by atoms with E-state index >= 15 is 0 Å². The number of hydrogen-bond donors (Lipinski definition) is 4. The number of alkyl carbamates (subject to hydrolysis) is 1. The van der Waals surface area contributed by atoms with E-state index in [9.17, 15) is 41.8 Å². The van der Waals surface area contributed by atoms with Crippen LogP contribution in [0.15, 0.2) is 30.3 Å². The number of ether oxygens (including phenoxy) is 3. The lowest BCUT2D eigenvalue weighted by Crippen LogP contribution is -2.58. The van der Waals surface area contributed by atoms with Gasteiger partial charge in [0.25, 0.3) is 0 Å². The van der Waals surface area contributed by atoms with E-state index in [4.69, 9.17) is 4.74 Å². The number of amides is 3. The molecule has 0 fully saturated rings. The lowest BCUT2D eigenvalue weighted by Gasteiger charge is -2.25. The Labute approximate surface area is 209 Å². The standard InChI is InChI=1S/C22H29F4N3O8/c1-22(2,3)37-21(34)29-15(11-36-20(25)26)17(31)28-14(10-35-19(23)24)16(30)27-13(18(32)33)9-12-7-5-4-6-8-12/h4-8,13-15,19-20H,9-11H2,1-3H3,(H,27,30)(H,28,31)(H,29,34)(H,32,33)/t13-,14-,15-/m0/s1. The molecule has 1 aromatic rings. The van der Waals surface area contributed by atoms with Crippen LogP contribution in [-0.4, -0.2) is 79.1 Å². The average Bonchev–Trinajstić information content (AvgIpc) is 2.77. The molecule has 4 N–H and O–H groups in total. The lowest BCUT2D eigenvalue weighted by molar-refractivity contribution is -0.153. The number of carboxylic acid groups (broad SMARTS) is 1. The van der Waals surface area contributed by atoms with Crippen LogP contribution in [-0.2, 0) is 35.0 Å². The molecule has 1 aromatic carbocycles. The van der Waals surface area contributed by atoms with Crippen molar-refractivity contribution in [1.29, 1.82) is 0 Å². The van der Waals surface area contributed by atoms with Crippen LogP contribution in [0.1, 0.15) is 26.3 Å². The van der Waals surface area contributed by atoms with Crippen molar-refractivity contribution in [2.45, 2.75) is 64.1 Å². The number of hydrogen-bond acceptors (Lipinski definition) is 7. The minimum atomic E-state index is -3.36. The quantitative estimate of drug-likeness (QED) is 0.261. The van der Waals surface area contributed by atoms with Crippen LogP contribution < -0.4 is 16.0 Å². The normalized spacial score (nSPS) is 14.0. The van der Waals surface area contributed by atoms with E-state index in [0.717, 1.165) is 0 Å². The number of rotatable bonds is 14. The highest BCUT2D eigenvalue weighted by Crippen LogP contribution is 2.08. The van der Waals surface area contributed by atoms with Crippen LogP contribution in [0.4, 0.5) is 22.4 Å². The zero-order chi connectivity index (χ0) is 28.2. The van der Waals surface area contributed by atoms with Crippen molar-refractivity contribution >= 4 is 23.9 Å². The summed E-state index contributed by atoms with van der Waals surface area (Å²) in [6.45, 7) is -4.38. The van der Waals surface area contributed by atoms with Gasteiger partial charge in [-0.05, 0) is 26.3 Å². The van der Waals surface area contributed by atoms with Gasteiger partial charge in [-0.3, -0.25) is 9.59 Å². The van der Waals surface area contributed by atoms with Crippen LogP contribution in [0.3, 0.4) is 0 Å². The van der Waals surface area contributed by atoms with E-state index in [0.29, 0.717) is 5.56 Å². The first-order chi connectivity index (χ1) is 17.2. The van der Waals surface area contributed by atoms with Crippen LogP contribution in [0.5, 0.6) is 0 Å². The number of carbonyl (C=O) groups excluding carboxylic acids is 3. The molecule has 0 aliphatic rings. The molecule has 3 amide bonds. The second-order valence-corrected chi connectivity index (χ2v) is 8.54. The molecule has 0 saturated carbocycles. The summed E-state index contributed by atoms with van der Waals surface area (Å²) in [4.78, 5) is 49.1. The van der Waals surface area contributed by atoms with Crippen molar-refractivity contribution in [2.24, 2.45) is 0 Å². The Kier molecular flexibility index (Phi) is 12.8. The molecule has 0 saturated heterocycles. The number of aliphatic carboxylic acids is 1. The van der Waals surface area contributed by atoms with Gasteiger partial charge in [-0.15, -0.1) is 0 Å². The molecule has 0 bridgehead atoms. The van der Waals surface area contributed by atoms with Crippen LogP contribution >= 0.6 is 0 Å². The summed E-state index contributed by atoms with van der Waals surface area (Å²) in [5.74, 6) is -3.96. The Morgan fingerprint density at radius 2 is 1.27 bits per heavy atom. The van der Waals surface area contributed by atoms with Gasteiger partial charge < -0.3 is 35.3 Å². The molecular weight excluding hydrogens is 510 g/mol. The van der Waals surface area contributed by atoms with Gasteiger partial charge in [0.2, 0.25) is 11.8 Å². The summed E-state index contributed by atoms with van der Waals surface area (Å²) < 4.78 is 63.5. The predicted molar refractivity (Wildman–Crippen MR) is 119 cm³/mol. The fourth-order valence-electron chi connectivity index (χ4n) is 2.75. The average molecular weight is 539 g/mol. The first-order valence-electron chi connectivity index (χ1n) is 10.8. The first-order valence-corrected chi connectivity index (χ1v) is 10.8. The molecule has 0 aliphatic carbocycles. The SMILES string of the molecule is CC(C)(C)OC(=O)N[C@@H](COC(F)F)C(=O)N[C@@H](COC(F)F)C(=O)N[C@@H](Cc1ccccc1)C(=O)O. The van der Waals surface area contributed by atoms with Gasteiger partial charge in [-0.25, -0.2) is 9.59 Å². The molecule has 0 heterocycles. The first kappa shape index (κ1) is 31.6. The van der Waals surface area contributed by atoms with Crippen molar-refractivity contribution in [1.82, 2.24) is 16.0 Å². The second-order valence-electron chi connectivity index (χ2n) is 8.54. The van der Waals surface area contributed by atoms with Gasteiger partial charge in [-0.1, -0.05) is 30.3 Å². The Morgan fingerprint density at radius 3 is 1.70 bits per heavy atom. The van der Waals surface area contributed by atoms with Crippen molar-refractivity contribution in [3.8, 4) is 0 Å². The molecule has 0 spiro atoms. The summed E-state index contributed by atoms with van der Waals surface area (Å²) in [7, 11) is 0. The van der Waals surface area contributed by atoms with Crippen molar-refractivity contribution < 1.29 is 56.1 Å². The zero-order valence-corrected chi connectivity index (χ0v) is 20.2. The van der Waals surface area contributed by atoms with E-state index < -0.39 is 74.0 Å². The van der Waals surface area contributed by atoms with E-state index in [1.807, 2.05) is 10.6 Å². The molecule has 1 rings (SSSR count). The number of benzene rings is 1. The summed E-state index contributed by atoms with van der Waals surface area (Å²) in [6.07, 6.45) is -1.37. The number of carbonyl (C=O) groups is 4. The highest BCUT2D eigenvalue weighted by molar-refractivity contribution is 5.93. The van der Waals surface area contributed by atoms with Gasteiger partial charge in [0.15, 0.2) is 0 Å². The van der Waals surface area contributed by atoms with Gasteiger partial charge in [0, 0.05) is 6.42 Å². The molecule has 0 radical (unpaired) electrons. The molecule has 3 atom stereocenters. The summed E-state index contributed by atoms with van der Waals surface area (Å²) in [5.41, 5.74) is -0.488. The number of carboxylic acids is 1. The minimum Gasteiger partial charge on any atom is -0.480 e. The minimum absolute atomic E-state index is 0.177. The Hall–Kier alpha value is -3.46. The fraction of sp³-hybridized carbons (Fsp3) is 0.545. The van der Waals surface area contributed by atoms with Crippen LogP contribution in [0.25, 0.3) is 0 Å². The molecule has 0 aromatic heterocycles. The summed E-state index contributed by atoms with van der Waals surface area (Å²) in [6, 6.07) is 2.89. The molecule has 37 heavy (non-hydrogen) atoms. The van der Waals surface area contributed by atoms with Crippen molar-refractivity contribution in [3.63, 3.8) is 0 Å². The predicted octanol–water partition coefficient (Wildman–Crippen LogP) is 1.66. The maximum absolute atomic E-state index is 12.7. The van der Waals surface area contributed by atoms with E-state index in [1.165, 1.54) is 20.8 Å². The summed E-state index contributed by atoms with van der Waals surface area (Å²) in [5, 5.41) is 15.5. The van der Waals surface area contributed by atoms with E-state index in [-0.39, 0.29) is 6.42 Å². The highest BCUT2D eigenvalue weighted by atomic mass is 19.3. The van der Waals surface area contributed by atoms with Gasteiger partial charge >= 0.3 is 25.3 Å². The Balaban J connectivity index is 3.03. The Morgan fingerprint density at radius 1 is 0.811 bits per heavy atom. The smallest absolute Gasteiger partial charge is 0.408 e. The zero-order valence-electron chi connectivity index (χ0n) is 20.2. The number of halogens is 4. The number of nitrogens with one attached hydrogen (secondary N) is 3. The third kappa shape index (κ3) is 13.4. The van der Waals surface area contributed by atoms with Gasteiger partial charge in [-0.2, -0.15) is 17.6 Å². The fourth-order valence-corrected chi connectivity index (χ4v) is 2.75. The number of alkyl halides is 4. The Bertz CT molecular complexity index is 900. The third-order valence-electron chi connectivity index (χ3n) is 4.32. The van der Waals surface area contributed by atoms with E-state index in [2.05, 4.69) is 14.8 Å². The molecular formula is C22H29F4N3O8. The molecule has 15 heteroatoms. The maximum atomic E-state index is 12.7. The maximum Gasteiger partial charge on any atom is 0.408 e. The van der Waals surface area contributed by atoms with Crippen molar-refractivity contribution in [2.75, 3.05) is 13.2 Å². The second kappa shape index (κ2) is 14.9. The summed E-state index contributed by atoms with van der Waals surface area (Å²) >= 11 is 0. The van der Waals surface area contributed by atoms with Gasteiger partial charge in [0.05, 0.1) is 13.2 Å².